The summed E-state index contributed by atoms with van der Waals surface area (Å²) in [5.74, 6) is 0.785. The average molecular weight is 297 g/mol. The number of likely N-dealkylation sites (N-methyl/N-ethyl adjacent to an activating group) is 1. The van der Waals surface area contributed by atoms with Crippen LogP contribution in [0.2, 0.25) is 0 Å². The maximum Gasteiger partial charge on any atom is 0.416 e. The van der Waals surface area contributed by atoms with Crippen molar-refractivity contribution in [3.63, 3.8) is 0 Å². The second-order valence-corrected chi connectivity index (χ2v) is 4.94. The van der Waals surface area contributed by atoms with Crippen molar-refractivity contribution >= 4 is 0 Å². The fourth-order valence-corrected chi connectivity index (χ4v) is 2.41. The molecule has 1 aromatic heterocycles. The van der Waals surface area contributed by atoms with E-state index >= 15 is 0 Å². The van der Waals surface area contributed by atoms with Crippen molar-refractivity contribution in [2.24, 2.45) is 0 Å². The number of hydrogen-bond acceptors (Lipinski definition) is 2. The fraction of sp³-hybridized carbons (Fsp3) is 0.375. The van der Waals surface area contributed by atoms with Gasteiger partial charge in [0.2, 0.25) is 0 Å². The van der Waals surface area contributed by atoms with E-state index in [4.69, 9.17) is 4.42 Å². The van der Waals surface area contributed by atoms with E-state index in [2.05, 4.69) is 5.32 Å². The Bertz CT molecular complexity index is 589. The maximum absolute atomic E-state index is 12.8. The van der Waals surface area contributed by atoms with Gasteiger partial charge >= 0.3 is 6.18 Å². The molecule has 1 N–H and O–H groups in total. The highest BCUT2D eigenvalue weighted by Gasteiger charge is 2.30. The van der Waals surface area contributed by atoms with Crippen LogP contribution in [-0.2, 0) is 12.6 Å². The Morgan fingerprint density at radius 3 is 2.57 bits per heavy atom. The quantitative estimate of drug-likeness (QED) is 0.879. The molecule has 114 valence electrons. The van der Waals surface area contributed by atoms with Crippen LogP contribution < -0.4 is 5.32 Å². The van der Waals surface area contributed by atoms with Crippen LogP contribution in [0.5, 0.6) is 0 Å². The predicted octanol–water partition coefficient (Wildman–Crippen LogP) is 4.50. The number of hydrogen-bond donors (Lipinski definition) is 1. The Hall–Kier alpha value is -1.75. The number of nitrogens with one attached hydrogen (secondary N) is 1. The van der Waals surface area contributed by atoms with Crippen molar-refractivity contribution < 1.29 is 17.6 Å². The summed E-state index contributed by atoms with van der Waals surface area (Å²) in [5.41, 5.74) is 1.02. The highest BCUT2D eigenvalue weighted by molar-refractivity contribution is 5.29. The minimum atomic E-state index is -4.31. The zero-order valence-electron chi connectivity index (χ0n) is 12.0. The van der Waals surface area contributed by atoms with Gasteiger partial charge < -0.3 is 9.73 Å². The molecule has 2 aromatic rings. The summed E-state index contributed by atoms with van der Waals surface area (Å²) < 4.78 is 43.6. The van der Waals surface area contributed by atoms with E-state index in [9.17, 15) is 13.2 Å². The zero-order chi connectivity index (χ0) is 15.5. The third-order valence-electron chi connectivity index (χ3n) is 3.42. The van der Waals surface area contributed by atoms with Gasteiger partial charge in [0.05, 0.1) is 11.8 Å². The number of alkyl halides is 3. The van der Waals surface area contributed by atoms with E-state index in [1.165, 1.54) is 12.1 Å². The summed E-state index contributed by atoms with van der Waals surface area (Å²) in [7, 11) is 0. The number of aryl methyl sites for hydroxylation is 1. The van der Waals surface area contributed by atoms with Gasteiger partial charge in [0.15, 0.2) is 0 Å². The van der Waals surface area contributed by atoms with Crippen molar-refractivity contribution in [3.05, 3.63) is 59.0 Å². The van der Waals surface area contributed by atoms with Crippen LogP contribution in [0.3, 0.4) is 0 Å². The molecule has 0 aliphatic rings. The van der Waals surface area contributed by atoms with Crippen LogP contribution in [0, 0.1) is 6.92 Å². The average Bonchev–Trinajstić information content (AvgIpc) is 2.84. The summed E-state index contributed by atoms with van der Waals surface area (Å²) >= 11 is 0. The molecule has 0 aliphatic carbocycles. The van der Waals surface area contributed by atoms with Gasteiger partial charge in [0.25, 0.3) is 0 Å². The monoisotopic (exact) mass is 297 g/mol. The Morgan fingerprint density at radius 1 is 1.24 bits per heavy atom. The molecular weight excluding hydrogens is 279 g/mol. The Kier molecular flexibility index (Phi) is 4.73. The SMILES string of the molecule is CCNC(Cc1cccc(C(F)(F)F)c1)c1ccoc1C. The maximum atomic E-state index is 12.8. The molecule has 1 aromatic carbocycles. The number of rotatable bonds is 5. The summed E-state index contributed by atoms with van der Waals surface area (Å²) in [5, 5.41) is 3.29. The predicted molar refractivity (Wildman–Crippen MR) is 75.0 cm³/mol. The van der Waals surface area contributed by atoms with Crippen molar-refractivity contribution in [1.29, 1.82) is 0 Å². The lowest BCUT2D eigenvalue weighted by Gasteiger charge is -2.18. The molecule has 0 bridgehead atoms. The molecular formula is C16H18F3NO. The first-order chi connectivity index (χ1) is 9.91. The smallest absolute Gasteiger partial charge is 0.416 e. The Balaban J connectivity index is 2.24. The van der Waals surface area contributed by atoms with Gasteiger partial charge in [-0.1, -0.05) is 25.1 Å². The molecule has 0 saturated heterocycles. The van der Waals surface area contributed by atoms with E-state index in [1.54, 1.807) is 12.3 Å². The highest BCUT2D eigenvalue weighted by atomic mass is 19.4. The zero-order valence-corrected chi connectivity index (χ0v) is 12.0. The van der Waals surface area contributed by atoms with E-state index in [-0.39, 0.29) is 6.04 Å². The fourth-order valence-electron chi connectivity index (χ4n) is 2.41. The van der Waals surface area contributed by atoms with Gasteiger partial charge in [-0.05, 0) is 37.6 Å². The van der Waals surface area contributed by atoms with Crippen molar-refractivity contribution in [1.82, 2.24) is 5.32 Å². The van der Waals surface area contributed by atoms with Gasteiger partial charge in [-0.25, -0.2) is 0 Å². The summed E-state index contributed by atoms with van der Waals surface area (Å²) in [6.45, 7) is 4.55. The molecule has 0 radical (unpaired) electrons. The molecule has 0 spiro atoms. The molecule has 21 heavy (non-hydrogen) atoms. The Morgan fingerprint density at radius 2 is 2.00 bits per heavy atom. The van der Waals surface area contributed by atoms with Gasteiger partial charge in [-0.15, -0.1) is 0 Å². The molecule has 1 heterocycles. The largest absolute Gasteiger partial charge is 0.469 e. The van der Waals surface area contributed by atoms with Crippen molar-refractivity contribution in [2.75, 3.05) is 6.54 Å². The number of benzene rings is 1. The number of furan rings is 1. The lowest BCUT2D eigenvalue weighted by molar-refractivity contribution is -0.137. The third kappa shape index (κ3) is 3.88. The molecule has 1 atom stereocenters. The first-order valence-corrected chi connectivity index (χ1v) is 6.85. The minimum absolute atomic E-state index is 0.0581. The van der Waals surface area contributed by atoms with Crippen LogP contribution in [0.4, 0.5) is 13.2 Å². The minimum Gasteiger partial charge on any atom is -0.469 e. The van der Waals surface area contributed by atoms with Crippen LogP contribution in [0.15, 0.2) is 41.0 Å². The molecule has 0 amide bonds. The molecule has 2 nitrogen and oxygen atoms in total. The molecule has 0 saturated carbocycles. The van der Waals surface area contributed by atoms with E-state index in [0.717, 1.165) is 23.9 Å². The molecule has 1 unspecified atom stereocenters. The van der Waals surface area contributed by atoms with Crippen molar-refractivity contribution in [3.8, 4) is 0 Å². The summed E-state index contributed by atoms with van der Waals surface area (Å²) in [6, 6.07) is 7.26. The van der Waals surface area contributed by atoms with Gasteiger partial charge in [-0.3, -0.25) is 0 Å². The van der Waals surface area contributed by atoms with E-state index < -0.39 is 11.7 Å². The van der Waals surface area contributed by atoms with Gasteiger partial charge in [0, 0.05) is 11.6 Å². The number of halogens is 3. The van der Waals surface area contributed by atoms with Crippen LogP contribution in [0.1, 0.15) is 35.4 Å². The molecule has 0 aliphatic heterocycles. The third-order valence-corrected chi connectivity index (χ3v) is 3.42. The van der Waals surface area contributed by atoms with Gasteiger partial charge in [0.1, 0.15) is 5.76 Å². The molecule has 2 rings (SSSR count). The first kappa shape index (κ1) is 15.6. The lowest BCUT2D eigenvalue weighted by Crippen LogP contribution is -2.23. The van der Waals surface area contributed by atoms with E-state index in [0.29, 0.717) is 12.0 Å². The van der Waals surface area contributed by atoms with Crippen LogP contribution in [-0.4, -0.2) is 6.54 Å². The van der Waals surface area contributed by atoms with Gasteiger partial charge in [-0.2, -0.15) is 13.2 Å². The van der Waals surface area contributed by atoms with Crippen LogP contribution >= 0.6 is 0 Å². The summed E-state index contributed by atoms with van der Waals surface area (Å²) in [4.78, 5) is 0. The van der Waals surface area contributed by atoms with Crippen LogP contribution in [0.25, 0.3) is 0 Å². The standard InChI is InChI=1S/C16H18F3NO/c1-3-20-15(14-7-8-21-11(14)2)10-12-5-4-6-13(9-12)16(17,18)19/h4-9,15,20H,3,10H2,1-2H3. The lowest BCUT2D eigenvalue weighted by atomic mass is 9.98. The second kappa shape index (κ2) is 6.35. The second-order valence-electron chi connectivity index (χ2n) is 4.94. The van der Waals surface area contributed by atoms with Crippen molar-refractivity contribution in [2.45, 2.75) is 32.5 Å². The Labute approximate surface area is 122 Å². The molecule has 5 heteroatoms. The highest BCUT2D eigenvalue weighted by Crippen LogP contribution is 2.31. The topological polar surface area (TPSA) is 25.2 Å². The normalized spacial score (nSPS) is 13.4. The summed E-state index contributed by atoms with van der Waals surface area (Å²) in [6.07, 6.45) is -2.23. The van der Waals surface area contributed by atoms with E-state index in [1.807, 2.05) is 19.9 Å². The first-order valence-electron chi connectivity index (χ1n) is 6.85. The molecule has 0 fully saturated rings.